The van der Waals surface area contributed by atoms with Crippen LogP contribution in [0.15, 0.2) is 6.07 Å². The van der Waals surface area contributed by atoms with Crippen LogP contribution in [0.5, 0.6) is 0 Å². The number of hydrogen-bond acceptors (Lipinski definition) is 5. The molecule has 5 heteroatoms. The Balaban J connectivity index is 3.02. The lowest BCUT2D eigenvalue weighted by molar-refractivity contribution is 0.252. The van der Waals surface area contributed by atoms with Crippen molar-refractivity contribution in [2.45, 2.75) is 52.0 Å². The smallest absolute Gasteiger partial charge is 0.135 e. The second-order valence-electron chi connectivity index (χ2n) is 5.41. The van der Waals surface area contributed by atoms with E-state index >= 15 is 0 Å². The molecule has 19 heavy (non-hydrogen) atoms. The van der Waals surface area contributed by atoms with E-state index in [1.807, 2.05) is 13.1 Å². The van der Waals surface area contributed by atoms with Gasteiger partial charge in [-0.25, -0.2) is 9.97 Å². The van der Waals surface area contributed by atoms with Crippen molar-refractivity contribution < 1.29 is 5.11 Å². The van der Waals surface area contributed by atoms with Crippen LogP contribution < -0.4 is 10.6 Å². The Morgan fingerprint density at radius 1 is 1.32 bits per heavy atom. The summed E-state index contributed by atoms with van der Waals surface area (Å²) < 4.78 is 0. The Hall–Kier alpha value is -1.36. The van der Waals surface area contributed by atoms with Gasteiger partial charge in [-0.05, 0) is 19.8 Å². The molecule has 0 aromatic carbocycles. The maximum absolute atomic E-state index is 9.17. The van der Waals surface area contributed by atoms with E-state index in [1.165, 1.54) is 0 Å². The molecule has 0 fully saturated rings. The number of nitrogens with one attached hydrogen (secondary N) is 2. The minimum Gasteiger partial charge on any atom is -0.396 e. The molecule has 1 unspecified atom stereocenters. The van der Waals surface area contributed by atoms with Crippen LogP contribution in [-0.2, 0) is 0 Å². The monoisotopic (exact) mass is 266 g/mol. The van der Waals surface area contributed by atoms with Crippen molar-refractivity contribution >= 4 is 11.6 Å². The van der Waals surface area contributed by atoms with E-state index in [9.17, 15) is 0 Å². The van der Waals surface area contributed by atoms with Gasteiger partial charge >= 0.3 is 0 Å². The molecule has 0 radical (unpaired) electrons. The lowest BCUT2D eigenvalue weighted by atomic mass is 9.95. The first kappa shape index (κ1) is 15.7. The summed E-state index contributed by atoms with van der Waals surface area (Å²) >= 11 is 0. The fourth-order valence-corrected chi connectivity index (χ4v) is 1.80. The van der Waals surface area contributed by atoms with Gasteiger partial charge in [0.2, 0.25) is 0 Å². The highest BCUT2D eigenvalue weighted by molar-refractivity contribution is 5.48. The van der Waals surface area contributed by atoms with Crippen LogP contribution in [0.2, 0.25) is 0 Å². The molecule has 0 saturated heterocycles. The zero-order chi connectivity index (χ0) is 14.5. The Bertz CT molecular complexity index is 408. The number of aliphatic hydroxyl groups excluding tert-OH is 1. The van der Waals surface area contributed by atoms with E-state index in [2.05, 4.69) is 48.3 Å². The molecule has 0 aliphatic heterocycles. The van der Waals surface area contributed by atoms with E-state index in [0.717, 1.165) is 23.9 Å². The number of aromatic nitrogens is 2. The van der Waals surface area contributed by atoms with Crippen molar-refractivity contribution in [2.24, 2.45) is 0 Å². The first-order valence-corrected chi connectivity index (χ1v) is 6.90. The van der Waals surface area contributed by atoms with Gasteiger partial charge in [-0.3, -0.25) is 0 Å². The summed E-state index contributed by atoms with van der Waals surface area (Å²) in [4.78, 5) is 8.99. The summed E-state index contributed by atoms with van der Waals surface area (Å²) in [5.74, 6) is 2.71. The van der Waals surface area contributed by atoms with Crippen LogP contribution >= 0.6 is 0 Å². The molecule has 1 rings (SSSR count). The molecular formula is C14H26N4O. The molecule has 1 heterocycles. The molecular weight excluding hydrogens is 240 g/mol. The highest BCUT2D eigenvalue weighted by Crippen LogP contribution is 2.23. The van der Waals surface area contributed by atoms with Gasteiger partial charge in [0.15, 0.2) is 0 Å². The Labute approximate surface area is 115 Å². The third-order valence-electron chi connectivity index (χ3n) is 3.39. The fraction of sp³-hybridized carbons (Fsp3) is 0.714. The standard InChI is InChI=1S/C14H26N4O/c1-6-14(4,7-8-19)18-12-9-11(15-5)16-13(17-12)10(2)3/h9-10,19H,6-8H2,1-5H3,(H2,15,16,17,18). The van der Waals surface area contributed by atoms with Gasteiger partial charge in [0.1, 0.15) is 17.5 Å². The van der Waals surface area contributed by atoms with E-state index in [1.54, 1.807) is 0 Å². The first-order chi connectivity index (χ1) is 8.94. The van der Waals surface area contributed by atoms with Crippen molar-refractivity contribution in [2.75, 3.05) is 24.3 Å². The maximum atomic E-state index is 9.17. The lowest BCUT2D eigenvalue weighted by Gasteiger charge is -2.30. The molecule has 0 saturated carbocycles. The zero-order valence-corrected chi connectivity index (χ0v) is 12.6. The topological polar surface area (TPSA) is 70.1 Å². The van der Waals surface area contributed by atoms with Crippen molar-refractivity contribution in [3.05, 3.63) is 11.9 Å². The SMILES string of the molecule is CCC(C)(CCO)Nc1cc(NC)nc(C(C)C)n1. The third-order valence-corrected chi connectivity index (χ3v) is 3.39. The molecule has 3 N–H and O–H groups in total. The van der Waals surface area contributed by atoms with Gasteiger partial charge in [-0.15, -0.1) is 0 Å². The number of hydrogen-bond donors (Lipinski definition) is 3. The highest BCUT2D eigenvalue weighted by atomic mass is 16.3. The van der Waals surface area contributed by atoms with Crippen LogP contribution in [0.25, 0.3) is 0 Å². The maximum Gasteiger partial charge on any atom is 0.135 e. The Kier molecular flexibility index (Phi) is 5.54. The summed E-state index contributed by atoms with van der Waals surface area (Å²) in [6.45, 7) is 8.51. The van der Waals surface area contributed by atoms with Crippen molar-refractivity contribution in [3.8, 4) is 0 Å². The van der Waals surface area contributed by atoms with Gasteiger partial charge < -0.3 is 15.7 Å². The quantitative estimate of drug-likeness (QED) is 0.707. The highest BCUT2D eigenvalue weighted by Gasteiger charge is 2.22. The summed E-state index contributed by atoms with van der Waals surface area (Å²) in [6, 6.07) is 1.90. The predicted octanol–water partition coefficient (Wildman–Crippen LogP) is 2.60. The molecule has 1 atom stereocenters. The van der Waals surface area contributed by atoms with Crippen LogP contribution in [0.4, 0.5) is 11.6 Å². The largest absolute Gasteiger partial charge is 0.396 e. The molecule has 0 bridgehead atoms. The van der Waals surface area contributed by atoms with Gasteiger partial charge in [0.25, 0.3) is 0 Å². The molecule has 108 valence electrons. The number of nitrogens with zero attached hydrogens (tertiary/aromatic N) is 2. The lowest BCUT2D eigenvalue weighted by Crippen LogP contribution is -2.35. The number of anilines is 2. The Morgan fingerprint density at radius 2 is 1.95 bits per heavy atom. The van der Waals surface area contributed by atoms with Crippen molar-refractivity contribution in [3.63, 3.8) is 0 Å². The van der Waals surface area contributed by atoms with Gasteiger partial charge in [0.05, 0.1) is 0 Å². The van der Waals surface area contributed by atoms with Gasteiger partial charge in [-0.1, -0.05) is 20.8 Å². The molecule has 0 aliphatic carbocycles. The summed E-state index contributed by atoms with van der Waals surface area (Å²) in [7, 11) is 1.85. The average Bonchev–Trinajstić information content (AvgIpc) is 2.38. The van der Waals surface area contributed by atoms with Crippen LogP contribution in [-0.4, -0.2) is 34.3 Å². The Morgan fingerprint density at radius 3 is 2.42 bits per heavy atom. The number of aliphatic hydroxyl groups is 1. The van der Waals surface area contributed by atoms with E-state index in [-0.39, 0.29) is 18.1 Å². The van der Waals surface area contributed by atoms with Crippen LogP contribution in [0.3, 0.4) is 0 Å². The second-order valence-corrected chi connectivity index (χ2v) is 5.41. The molecule has 5 nitrogen and oxygen atoms in total. The third kappa shape index (κ3) is 4.35. The van der Waals surface area contributed by atoms with E-state index in [4.69, 9.17) is 5.11 Å². The number of rotatable bonds is 7. The molecule has 1 aromatic rings. The summed E-state index contributed by atoms with van der Waals surface area (Å²) in [6.07, 6.45) is 1.61. The van der Waals surface area contributed by atoms with Crippen LogP contribution in [0.1, 0.15) is 52.3 Å². The average molecular weight is 266 g/mol. The van der Waals surface area contributed by atoms with Gasteiger partial charge in [-0.2, -0.15) is 0 Å². The minimum atomic E-state index is -0.150. The van der Waals surface area contributed by atoms with Crippen LogP contribution in [0, 0.1) is 0 Å². The normalized spacial score (nSPS) is 14.3. The van der Waals surface area contributed by atoms with Crippen molar-refractivity contribution in [1.82, 2.24) is 9.97 Å². The molecule has 0 spiro atoms. The minimum absolute atomic E-state index is 0.150. The fourth-order valence-electron chi connectivity index (χ4n) is 1.80. The predicted molar refractivity (Wildman–Crippen MR) is 79.7 cm³/mol. The second kappa shape index (κ2) is 6.70. The molecule has 1 aromatic heterocycles. The molecule has 0 aliphatic rings. The summed E-state index contributed by atoms with van der Waals surface area (Å²) in [5, 5.41) is 15.7. The zero-order valence-electron chi connectivity index (χ0n) is 12.6. The van der Waals surface area contributed by atoms with Crippen molar-refractivity contribution in [1.29, 1.82) is 0 Å². The van der Waals surface area contributed by atoms with E-state index < -0.39 is 0 Å². The van der Waals surface area contributed by atoms with E-state index in [0.29, 0.717) is 6.42 Å². The van der Waals surface area contributed by atoms with Gasteiger partial charge in [0, 0.05) is 31.2 Å². The molecule has 0 amide bonds. The summed E-state index contributed by atoms with van der Waals surface area (Å²) in [5.41, 5.74) is -0.150. The first-order valence-electron chi connectivity index (χ1n) is 6.90.